The number of hydrogen-bond donors (Lipinski definition) is 4. The van der Waals surface area contributed by atoms with E-state index in [1.165, 1.54) is 6.07 Å². The van der Waals surface area contributed by atoms with E-state index < -0.39 is 5.84 Å². The molecule has 1 aromatic rings. The molecule has 0 unspecified atom stereocenters. The lowest BCUT2D eigenvalue weighted by Crippen LogP contribution is -2.21. The van der Waals surface area contributed by atoms with Crippen LogP contribution in [0.2, 0.25) is 0 Å². The lowest BCUT2D eigenvalue weighted by Gasteiger charge is -2.04. The van der Waals surface area contributed by atoms with Gasteiger partial charge in [0.1, 0.15) is 11.8 Å². The molecule has 0 spiro atoms. The highest BCUT2D eigenvalue weighted by atomic mass is 79.9. The summed E-state index contributed by atoms with van der Waals surface area (Å²) in [4.78, 5) is 0. The van der Waals surface area contributed by atoms with E-state index in [2.05, 4.69) is 26.5 Å². The second-order valence-corrected chi connectivity index (χ2v) is 3.67. The van der Waals surface area contributed by atoms with Crippen molar-refractivity contribution < 1.29 is 5.11 Å². The SMILES string of the molecule is N#C/C(=N\Nc1cc(Br)ccc1O)C(=N)N. The van der Waals surface area contributed by atoms with E-state index >= 15 is 0 Å². The van der Waals surface area contributed by atoms with Gasteiger partial charge in [-0.15, -0.1) is 0 Å². The largest absolute Gasteiger partial charge is 0.506 e. The van der Waals surface area contributed by atoms with Crippen molar-refractivity contribution >= 4 is 33.2 Å². The topological polar surface area (TPSA) is 118 Å². The van der Waals surface area contributed by atoms with Gasteiger partial charge in [0.25, 0.3) is 0 Å². The number of nitrogens with one attached hydrogen (secondary N) is 2. The van der Waals surface area contributed by atoms with E-state index in [0.29, 0.717) is 5.69 Å². The predicted molar refractivity (Wildman–Crippen MR) is 64.4 cm³/mol. The third-order valence-electron chi connectivity index (χ3n) is 1.61. The summed E-state index contributed by atoms with van der Waals surface area (Å²) in [7, 11) is 0. The third-order valence-corrected chi connectivity index (χ3v) is 2.10. The Morgan fingerprint density at radius 3 is 2.88 bits per heavy atom. The van der Waals surface area contributed by atoms with E-state index in [4.69, 9.17) is 16.4 Å². The van der Waals surface area contributed by atoms with Gasteiger partial charge in [0, 0.05) is 4.47 Å². The molecule has 7 heteroatoms. The zero-order valence-corrected chi connectivity index (χ0v) is 9.62. The minimum absolute atomic E-state index is 0.0206. The lowest BCUT2D eigenvalue weighted by molar-refractivity contribution is 0.477. The quantitative estimate of drug-likeness (QED) is 0.290. The average molecular weight is 282 g/mol. The smallest absolute Gasteiger partial charge is 0.201 e. The number of rotatable bonds is 3. The number of halogens is 1. The van der Waals surface area contributed by atoms with Gasteiger partial charge in [-0.2, -0.15) is 10.4 Å². The number of phenolic OH excluding ortho intramolecular Hbond substituents is 1. The molecule has 1 aromatic carbocycles. The Balaban J connectivity index is 2.94. The standard InChI is InChI=1S/C9H8BrN5O/c10-5-1-2-8(16)6(3-5)14-15-7(4-11)9(12)13/h1-3,14,16H,(H3,12,13)/b15-7+. The van der Waals surface area contributed by atoms with Gasteiger partial charge in [0.2, 0.25) is 5.71 Å². The summed E-state index contributed by atoms with van der Waals surface area (Å²) < 4.78 is 0.740. The molecular weight excluding hydrogens is 274 g/mol. The number of benzene rings is 1. The molecule has 1 rings (SSSR count). The van der Waals surface area contributed by atoms with Crippen molar-refractivity contribution in [2.24, 2.45) is 10.8 Å². The summed E-state index contributed by atoms with van der Waals surface area (Å²) in [5, 5.41) is 28.6. The lowest BCUT2D eigenvalue weighted by atomic mass is 10.3. The van der Waals surface area contributed by atoms with Crippen LogP contribution in [0.15, 0.2) is 27.8 Å². The van der Waals surface area contributed by atoms with Crippen molar-refractivity contribution in [1.29, 1.82) is 10.7 Å². The fraction of sp³-hybridized carbons (Fsp3) is 0. The molecule has 0 aromatic heterocycles. The van der Waals surface area contributed by atoms with Crippen molar-refractivity contribution in [3.05, 3.63) is 22.7 Å². The summed E-state index contributed by atoms with van der Waals surface area (Å²) in [5.41, 5.74) is 7.61. The van der Waals surface area contributed by atoms with E-state index in [9.17, 15) is 5.11 Å². The fourth-order valence-electron chi connectivity index (χ4n) is 0.859. The van der Waals surface area contributed by atoms with Gasteiger partial charge < -0.3 is 10.8 Å². The number of hydrogen-bond acceptors (Lipinski definition) is 5. The normalized spacial score (nSPS) is 10.6. The minimum Gasteiger partial charge on any atom is -0.506 e. The van der Waals surface area contributed by atoms with Gasteiger partial charge in [0.05, 0.1) is 5.69 Å². The van der Waals surface area contributed by atoms with Gasteiger partial charge in [-0.25, -0.2) is 0 Å². The molecule has 0 bridgehead atoms. The van der Waals surface area contributed by atoms with Crippen LogP contribution in [0.1, 0.15) is 0 Å². The third kappa shape index (κ3) is 2.96. The van der Waals surface area contributed by atoms with Crippen molar-refractivity contribution in [2.75, 3.05) is 5.43 Å². The van der Waals surface area contributed by atoms with E-state index in [1.54, 1.807) is 18.2 Å². The van der Waals surface area contributed by atoms with Crippen molar-refractivity contribution in [3.8, 4) is 11.8 Å². The van der Waals surface area contributed by atoms with Crippen molar-refractivity contribution in [2.45, 2.75) is 0 Å². The Kier molecular flexibility index (Phi) is 3.85. The van der Waals surface area contributed by atoms with Gasteiger partial charge in [-0.1, -0.05) is 15.9 Å². The molecule has 16 heavy (non-hydrogen) atoms. The molecule has 0 saturated carbocycles. The fourth-order valence-corrected chi connectivity index (χ4v) is 1.22. The van der Waals surface area contributed by atoms with Crippen LogP contribution >= 0.6 is 15.9 Å². The Bertz CT molecular complexity index is 491. The van der Waals surface area contributed by atoms with E-state index in [1.807, 2.05) is 0 Å². The highest BCUT2D eigenvalue weighted by Crippen LogP contribution is 2.26. The molecule has 0 aliphatic carbocycles. The van der Waals surface area contributed by atoms with Crippen LogP contribution in [0.5, 0.6) is 5.75 Å². The maximum absolute atomic E-state index is 9.44. The summed E-state index contributed by atoms with van der Waals surface area (Å²) in [5.74, 6) is -0.461. The zero-order valence-electron chi connectivity index (χ0n) is 8.03. The Morgan fingerprint density at radius 2 is 2.31 bits per heavy atom. The molecule has 0 fully saturated rings. The summed E-state index contributed by atoms with van der Waals surface area (Å²) in [6.45, 7) is 0. The first kappa shape index (κ1) is 12.0. The molecule has 0 heterocycles. The number of phenols is 1. The van der Waals surface area contributed by atoms with Gasteiger partial charge in [0.15, 0.2) is 5.84 Å². The number of nitriles is 1. The number of nitrogens with two attached hydrogens (primary N) is 1. The number of aromatic hydroxyl groups is 1. The first-order valence-electron chi connectivity index (χ1n) is 4.11. The minimum atomic E-state index is -0.440. The Labute approximate surface area is 100 Å². The van der Waals surface area contributed by atoms with Crippen LogP contribution in [-0.4, -0.2) is 16.7 Å². The second kappa shape index (κ2) is 5.14. The van der Waals surface area contributed by atoms with Gasteiger partial charge in [-0.3, -0.25) is 10.8 Å². The first-order chi connectivity index (χ1) is 7.54. The van der Waals surface area contributed by atoms with E-state index in [-0.39, 0.29) is 11.5 Å². The highest BCUT2D eigenvalue weighted by Gasteiger charge is 2.03. The Morgan fingerprint density at radius 1 is 1.62 bits per heavy atom. The molecule has 6 nitrogen and oxygen atoms in total. The molecule has 5 N–H and O–H groups in total. The molecule has 0 aliphatic rings. The van der Waals surface area contributed by atoms with Crippen LogP contribution in [0.25, 0.3) is 0 Å². The summed E-state index contributed by atoms with van der Waals surface area (Å²) >= 11 is 3.22. The van der Waals surface area contributed by atoms with Crippen molar-refractivity contribution in [3.63, 3.8) is 0 Å². The average Bonchev–Trinajstić information content (AvgIpc) is 2.23. The van der Waals surface area contributed by atoms with Crippen LogP contribution in [0.3, 0.4) is 0 Å². The molecule has 0 radical (unpaired) electrons. The summed E-state index contributed by atoms with van der Waals surface area (Å²) in [6.07, 6.45) is 0. The van der Waals surface area contributed by atoms with E-state index in [0.717, 1.165) is 4.47 Å². The maximum atomic E-state index is 9.44. The highest BCUT2D eigenvalue weighted by molar-refractivity contribution is 9.10. The van der Waals surface area contributed by atoms with Crippen molar-refractivity contribution in [1.82, 2.24) is 0 Å². The predicted octanol–water partition coefficient (Wildman–Crippen LogP) is 1.38. The number of hydrazone groups is 1. The van der Waals surface area contributed by atoms with Crippen LogP contribution < -0.4 is 11.2 Å². The zero-order chi connectivity index (χ0) is 12.1. The Hall–Kier alpha value is -2.07. The van der Waals surface area contributed by atoms with Crippen LogP contribution in [-0.2, 0) is 0 Å². The van der Waals surface area contributed by atoms with Gasteiger partial charge >= 0.3 is 0 Å². The molecule has 82 valence electrons. The number of amidine groups is 1. The maximum Gasteiger partial charge on any atom is 0.201 e. The molecule has 0 atom stereocenters. The molecule has 0 amide bonds. The number of nitrogens with zero attached hydrogens (tertiary/aromatic N) is 2. The number of anilines is 1. The monoisotopic (exact) mass is 281 g/mol. The molecule has 0 aliphatic heterocycles. The first-order valence-corrected chi connectivity index (χ1v) is 4.90. The van der Waals surface area contributed by atoms with Gasteiger partial charge in [-0.05, 0) is 18.2 Å². The molecular formula is C9H8BrN5O. The molecule has 0 saturated heterocycles. The van der Waals surface area contributed by atoms with Crippen LogP contribution in [0, 0.1) is 16.7 Å². The second-order valence-electron chi connectivity index (χ2n) is 2.76. The van der Waals surface area contributed by atoms with Crippen LogP contribution in [0.4, 0.5) is 5.69 Å². The summed E-state index contributed by atoms with van der Waals surface area (Å²) in [6, 6.07) is 6.34.